The SMILES string of the molecule is O=C(NO)Nc1ccc[nH]1. The molecule has 0 fully saturated rings. The fourth-order valence-electron chi connectivity index (χ4n) is 0.558. The molecule has 10 heavy (non-hydrogen) atoms. The highest BCUT2D eigenvalue weighted by molar-refractivity contribution is 5.87. The van der Waals surface area contributed by atoms with E-state index in [1.54, 1.807) is 18.3 Å². The molecule has 0 aliphatic rings. The number of hydrogen-bond acceptors (Lipinski definition) is 2. The first-order chi connectivity index (χ1) is 4.83. The molecule has 4 N–H and O–H groups in total. The number of carbonyl (C=O) groups is 1. The highest BCUT2D eigenvalue weighted by Crippen LogP contribution is 1.99. The number of aromatic amines is 1. The molecule has 1 rings (SSSR count). The Labute approximate surface area is 57.0 Å². The zero-order valence-corrected chi connectivity index (χ0v) is 5.09. The van der Waals surface area contributed by atoms with Crippen molar-refractivity contribution in [3.05, 3.63) is 18.3 Å². The second-order valence-electron chi connectivity index (χ2n) is 1.65. The van der Waals surface area contributed by atoms with Crippen LogP contribution < -0.4 is 10.8 Å². The third-order valence-corrected chi connectivity index (χ3v) is 0.948. The number of H-pyrrole nitrogens is 1. The Kier molecular flexibility index (Phi) is 1.91. The molecule has 0 saturated carbocycles. The molecule has 5 heteroatoms. The Bertz CT molecular complexity index is 207. The second-order valence-corrected chi connectivity index (χ2v) is 1.65. The molecule has 0 saturated heterocycles. The first kappa shape index (κ1) is 6.63. The fourth-order valence-corrected chi connectivity index (χ4v) is 0.558. The Hall–Kier alpha value is -1.49. The molecule has 0 bridgehead atoms. The average molecular weight is 141 g/mol. The maximum absolute atomic E-state index is 10.4. The van der Waals surface area contributed by atoms with Gasteiger partial charge in [0.05, 0.1) is 0 Å². The molecule has 2 amide bonds. The molecule has 0 atom stereocenters. The van der Waals surface area contributed by atoms with E-state index in [1.807, 2.05) is 0 Å². The summed E-state index contributed by atoms with van der Waals surface area (Å²) >= 11 is 0. The maximum atomic E-state index is 10.4. The van der Waals surface area contributed by atoms with Crippen molar-refractivity contribution < 1.29 is 10.0 Å². The lowest BCUT2D eigenvalue weighted by Gasteiger charge is -1.97. The lowest BCUT2D eigenvalue weighted by molar-refractivity contribution is 0.172. The van der Waals surface area contributed by atoms with Crippen molar-refractivity contribution in [2.24, 2.45) is 0 Å². The van der Waals surface area contributed by atoms with Gasteiger partial charge in [0, 0.05) is 6.20 Å². The van der Waals surface area contributed by atoms with Crippen molar-refractivity contribution in [2.75, 3.05) is 5.32 Å². The molecular formula is C5H7N3O2. The van der Waals surface area contributed by atoms with Crippen LogP contribution in [-0.2, 0) is 0 Å². The van der Waals surface area contributed by atoms with Crippen LogP contribution in [0.5, 0.6) is 0 Å². The first-order valence-electron chi connectivity index (χ1n) is 2.67. The van der Waals surface area contributed by atoms with Crippen molar-refractivity contribution in [3.63, 3.8) is 0 Å². The largest absolute Gasteiger partial charge is 0.348 e. The number of nitrogens with one attached hydrogen (secondary N) is 3. The van der Waals surface area contributed by atoms with Gasteiger partial charge in [-0.25, -0.2) is 10.3 Å². The fraction of sp³-hybridized carbons (Fsp3) is 0. The van der Waals surface area contributed by atoms with Gasteiger partial charge in [0.15, 0.2) is 0 Å². The number of rotatable bonds is 1. The zero-order chi connectivity index (χ0) is 7.40. The summed E-state index contributed by atoms with van der Waals surface area (Å²) in [7, 11) is 0. The Morgan fingerprint density at radius 1 is 1.70 bits per heavy atom. The van der Waals surface area contributed by atoms with Gasteiger partial charge in [0.1, 0.15) is 5.82 Å². The number of anilines is 1. The summed E-state index contributed by atoms with van der Waals surface area (Å²) in [5.74, 6) is 0.534. The molecule has 54 valence electrons. The normalized spacial score (nSPS) is 8.90. The minimum Gasteiger partial charge on any atom is -0.348 e. The topological polar surface area (TPSA) is 77.2 Å². The Morgan fingerprint density at radius 2 is 2.50 bits per heavy atom. The van der Waals surface area contributed by atoms with Crippen molar-refractivity contribution >= 4 is 11.8 Å². The highest BCUT2D eigenvalue weighted by Gasteiger charge is 1.96. The summed E-state index contributed by atoms with van der Waals surface area (Å²) in [6, 6.07) is 2.73. The van der Waals surface area contributed by atoms with Crippen LogP contribution in [0.3, 0.4) is 0 Å². The van der Waals surface area contributed by atoms with E-state index >= 15 is 0 Å². The van der Waals surface area contributed by atoms with Gasteiger partial charge in [-0.15, -0.1) is 0 Å². The van der Waals surface area contributed by atoms with Crippen LogP contribution in [-0.4, -0.2) is 16.2 Å². The predicted molar refractivity (Wildman–Crippen MR) is 34.7 cm³/mol. The molecule has 1 aromatic heterocycles. The summed E-state index contributed by atoms with van der Waals surface area (Å²) in [4.78, 5) is 13.1. The zero-order valence-electron chi connectivity index (χ0n) is 5.09. The Morgan fingerprint density at radius 3 is 3.00 bits per heavy atom. The van der Waals surface area contributed by atoms with Crippen LogP contribution in [0.4, 0.5) is 10.6 Å². The molecule has 0 aromatic carbocycles. The van der Waals surface area contributed by atoms with Crippen molar-refractivity contribution in [3.8, 4) is 0 Å². The number of carbonyl (C=O) groups excluding carboxylic acids is 1. The van der Waals surface area contributed by atoms with E-state index in [2.05, 4.69) is 10.3 Å². The smallest absolute Gasteiger partial charge is 0.344 e. The monoisotopic (exact) mass is 141 g/mol. The van der Waals surface area contributed by atoms with Crippen molar-refractivity contribution in [1.29, 1.82) is 0 Å². The van der Waals surface area contributed by atoms with Gasteiger partial charge < -0.3 is 4.98 Å². The van der Waals surface area contributed by atoms with Crippen LogP contribution in [0.1, 0.15) is 0 Å². The lowest BCUT2D eigenvalue weighted by atomic mass is 10.6. The Balaban J connectivity index is 2.48. The predicted octanol–water partition coefficient (Wildman–Crippen LogP) is 0.525. The van der Waals surface area contributed by atoms with Crippen LogP contribution in [0.25, 0.3) is 0 Å². The quantitative estimate of drug-likeness (QED) is 0.340. The number of amides is 2. The van der Waals surface area contributed by atoms with Gasteiger partial charge in [-0.05, 0) is 12.1 Å². The van der Waals surface area contributed by atoms with Gasteiger partial charge in [0.2, 0.25) is 0 Å². The average Bonchev–Trinajstić information content (AvgIpc) is 2.40. The van der Waals surface area contributed by atoms with E-state index in [4.69, 9.17) is 5.21 Å². The summed E-state index contributed by atoms with van der Waals surface area (Å²) in [6.45, 7) is 0. The summed E-state index contributed by atoms with van der Waals surface area (Å²) in [5.41, 5.74) is 1.43. The highest BCUT2D eigenvalue weighted by atomic mass is 16.5. The number of urea groups is 1. The molecule has 0 aliphatic heterocycles. The third-order valence-electron chi connectivity index (χ3n) is 0.948. The molecule has 0 spiro atoms. The van der Waals surface area contributed by atoms with E-state index in [0.717, 1.165) is 0 Å². The minimum absolute atomic E-state index is 0.534. The van der Waals surface area contributed by atoms with E-state index in [1.165, 1.54) is 5.48 Å². The molecule has 5 nitrogen and oxygen atoms in total. The van der Waals surface area contributed by atoms with Crippen LogP contribution in [0.15, 0.2) is 18.3 Å². The van der Waals surface area contributed by atoms with Crippen molar-refractivity contribution in [1.82, 2.24) is 10.5 Å². The van der Waals surface area contributed by atoms with Gasteiger partial charge in [-0.3, -0.25) is 10.5 Å². The summed E-state index contributed by atoms with van der Waals surface area (Å²) < 4.78 is 0. The van der Waals surface area contributed by atoms with Crippen LogP contribution >= 0.6 is 0 Å². The van der Waals surface area contributed by atoms with Gasteiger partial charge in [0.25, 0.3) is 0 Å². The van der Waals surface area contributed by atoms with Crippen molar-refractivity contribution in [2.45, 2.75) is 0 Å². The van der Waals surface area contributed by atoms with Gasteiger partial charge in [-0.1, -0.05) is 0 Å². The third kappa shape index (κ3) is 1.49. The maximum Gasteiger partial charge on any atom is 0.344 e. The van der Waals surface area contributed by atoms with Crippen LogP contribution in [0, 0.1) is 0 Å². The second kappa shape index (κ2) is 2.88. The molecule has 0 radical (unpaired) electrons. The summed E-state index contributed by atoms with van der Waals surface area (Å²) in [5, 5.41) is 10.4. The standard InChI is InChI=1S/C5H7N3O2/c9-5(8-10)7-4-2-1-3-6-4/h1-3,6,10H,(H2,7,8,9). The van der Waals surface area contributed by atoms with E-state index in [-0.39, 0.29) is 0 Å². The molecule has 1 heterocycles. The molecule has 0 aliphatic carbocycles. The van der Waals surface area contributed by atoms with Crippen LogP contribution in [0.2, 0.25) is 0 Å². The first-order valence-corrected chi connectivity index (χ1v) is 2.67. The summed E-state index contributed by atoms with van der Waals surface area (Å²) in [6.07, 6.45) is 1.66. The minimum atomic E-state index is -0.664. The lowest BCUT2D eigenvalue weighted by Crippen LogP contribution is -2.25. The molecular weight excluding hydrogens is 134 g/mol. The van der Waals surface area contributed by atoms with Gasteiger partial charge >= 0.3 is 6.03 Å². The number of hydrogen-bond donors (Lipinski definition) is 4. The van der Waals surface area contributed by atoms with E-state index in [9.17, 15) is 4.79 Å². The number of aromatic nitrogens is 1. The number of hydroxylamine groups is 1. The molecule has 0 unspecified atom stereocenters. The van der Waals surface area contributed by atoms with E-state index < -0.39 is 6.03 Å². The molecule has 1 aromatic rings. The van der Waals surface area contributed by atoms with Gasteiger partial charge in [-0.2, -0.15) is 0 Å². The van der Waals surface area contributed by atoms with E-state index in [0.29, 0.717) is 5.82 Å².